The van der Waals surface area contributed by atoms with Gasteiger partial charge in [-0.3, -0.25) is 4.79 Å². The van der Waals surface area contributed by atoms with Gasteiger partial charge in [-0.15, -0.1) is 10.2 Å². The number of amides is 1. The predicted octanol–water partition coefficient (Wildman–Crippen LogP) is 2.82. The zero-order valence-electron chi connectivity index (χ0n) is 13.7. The van der Waals surface area contributed by atoms with Crippen LogP contribution in [0.5, 0.6) is 0 Å². The first-order chi connectivity index (χ1) is 9.91. The minimum absolute atomic E-state index is 0.216. The van der Waals surface area contributed by atoms with Crippen LogP contribution in [0.15, 0.2) is 5.16 Å². The molecule has 0 bridgehead atoms. The Morgan fingerprint density at radius 1 is 1.29 bits per heavy atom. The SMILES string of the molecule is CC(C)c1nnc(SCC(=O)N2[C@@H](C)CCC[C@@H]2C)n1C. The zero-order valence-corrected chi connectivity index (χ0v) is 14.5. The molecule has 0 radical (unpaired) electrons. The summed E-state index contributed by atoms with van der Waals surface area (Å²) < 4.78 is 1.99. The number of aromatic nitrogens is 3. The number of likely N-dealkylation sites (tertiary alicyclic amines) is 1. The molecule has 0 N–H and O–H groups in total. The van der Waals surface area contributed by atoms with Gasteiger partial charge in [-0.05, 0) is 33.1 Å². The van der Waals surface area contributed by atoms with Gasteiger partial charge in [0.2, 0.25) is 5.91 Å². The van der Waals surface area contributed by atoms with Crippen molar-refractivity contribution in [2.75, 3.05) is 5.75 Å². The van der Waals surface area contributed by atoms with E-state index in [2.05, 4.69) is 42.8 Å². The van der Waals surface area contributed by atoms with Crippen LogP contribution in [0, 0.1) is 0 Å². The highest BCUT2D eigenvalue weighted by atomic mass is 32.2. The molecule has 6 heteroatoms. The van der Waals surface area contributed by atoms with Crippen molar-refractivity contribution < 1.29 is 4.79 Å². The van der Waals surface area contributed by atoms with Crippen molar-refractivity contribution in [3.63, 3.8) is 0 Å². The number of carbonyl (C=O) groups is 1. The van der Waals surface area contributed by atoms with Crippen LogP contribution in [0.1, 0.15) is 58.7 Å². The highest BCUT2D eigenvalue weighted by Gasteiger charge is 2.29. The Kier molecular flexibility index (Phi) is 5.30. The normalized spacial score (nSPS) is 22.9. The summed E-state index contributed by atoms with van der Waals surface area (Å²) in [7, 11) is 1.97. The van der Waals surface area contributed by atoms with Crippen LogP contribution in [0.25, 0.3) is 0 Å². The minimum atomic E-state index is 0.216. The lowest BCUT2D eigenvalue weighted by Crippen LogP contribution is -2.48. The lowest BCUT2D eigenvalue weighted by molar-refractivity contribution is -0.134. The van der Waals surface area contributed by atoms with Gasteiger partial charge >= 0.3 is 0 Å². The third-order valence-electron chi connectivity index (χ3n) is 4.19. The number of rotatable bonds is 4. The van der Waals surface area contributed by atoms with Crippen LogP contribution in [0.2, 0.25) is 0 Å². The fourth-order valence-electron chi connectivity index (χ4n) is 3.07. The van der Waals surface area contributed by atoms with E-state index in [0.29, 0.717) is 23.8 Å². The minimum Gasteiger partial charge on any atom is -0.337 e. The van der Waals surface area contributed by atoms with Crippen LogP contribution < -0.4 is 0 Å². The van der Waals surface area contributed by atoms with Crippen molar-refractivity contribution in [1.82, 2.24) is 19.7 Å². The Morgan fingerprint density at radius 2 is 1.90 bits per heavy atom. The van der Waals surface area contributed by atoms with Gasteiger partial charge in [0.15, 0.2) is 5.16 Å². The second-order valence-electron chi connectivity index (χ2n) is 6.27. The molecule has 1 aliphatic rings. The maximum Gasteiger partial charge on any atom is 0.233 e. The Bertz CT molecular complexity index is 490. The summed E-state index contributed by atoms with van der Waals surface area (Å²) >= 11 is 1.49. The van der Waals surface area contributed by atoms with Gasteiger partial charge in [0, 0.05) is 25.0 Å². The van der Waals surface area contributed by atoms with Crippen molar-refractivity contribution in [2.45, 2.75) is 70.1 Å². The standard InChI is InChI=1S/C15H26N4OS/c1-10(2)14-16-17-15(18(14)5)21-9-13(20)19-11(3)7-6-8-12(19)4/h10-12H,6-9H2,1-5H3/t11-,12-/m0/s1. The summed E-state index contributed by atoms with van der Waals surface area (Å²) in [5.74, 6) is 1.96. The molecule has 0 spiro atoms. The highest BCUT2D eigenvalue weighted by molar-refractivity contribution is 7.99. The molecule has 1 fully saturated rings. The van der Waals surface area contributed by atoms with E-state index in [1.807, 2.05) is 11.6 Å². The molecule has 0 aliphatic carbocycles. The highest BCUT2D eigenvalue weighted by Crippen LogP contribution is 2.25. The molecular formula is C15H26N4OS. The molecule has 5 nitrogen and oxygen atoms in total. The quantitative estimate of drug-likeness (QED) is 0.803. The van der Waals surface area contributed by atoms with Gasteiger partial charge < -0.3 is 9.47 Å². The third-order valence-corrected chi connectivity index (χ3v) is 5.20. The molecule has 118 valence electrons. The molecule has 1 aliphatic heterocycles. The fraction of sp³-hybridized carbons (Fsp3) is 0.800. The van der Waals surface area contributed by atoms with Crippen molar-refractivity contribution in [2.24, 2.45) is 7.05 Å². The maximum atomic E-state index is 12.5. The topological polar surface area (TPSA) is 51.0 Å². The van der Waals surface area contributed by atoms with Gasteiger partial charge in [0.05, 0.1) is 5.75 Å². The van der Waals surface area contributed by atoms with E-state index < -0.39 is 0 Å². The van der Waals surface area contributed by atoms with Crippen LogP contribution in [0.3, 0.4) is 0 Å². The fourth-order valence-corrected chi connectivity index (χ4v) is 3.86. The van der Waals surface area contributed by atoms with E-state index in [0.717, 1.165) is 23.8 Å². The average Bonchev–Trinajstić information content (AvgIpc) is 2.77. The van der Waals surface area contributed by atoms with E-state index in [4.69, 9.17) is 0 Å². The summed E-state index contributed by atoms with van der Waals surface area (Å²) in [5, 5.41) is 9.22. The summed E-state index contributed by atoms with van der Waals surface area (Å²) in [4.78, 5) is 14.5. The van der Waals surface area contributed by atoms with Crippen LogP contribution in [0.4, 0.5) is 0 Å². The molecule has 0 aromatic carbocycles. The van der Waals surface area contributed by atoms with E-state index in [1.54, 1.807) is 0 Å². The Balaban J connectivity index is 1.98. The van der Waals surface area contributed by atoms with Crippen LogP contribution >= 0.6 is 11.8 Å². The second kappa shape index (κ2) is 6.81. The van der Waals surface area contributed by atoms with E-state index >= 15 is 0 Å². The predicted molar refractivity (Wildman–Crippen MR) is 85.4 cm³/mol. The molecular weight excluding hydrogens is 284 g/mol. The second-order valence-corrected chi connectivity index (χ2v) is 7.22. The van der Waals surface area contributed by atoms with E-state index in [1.165, 1.54) is 18.2 Å². The van der Waals surface area contributed by atoms with Crippen molar-refractivity contribution >= 4 is 17.7 Å². The van der Waals surface area contributed by atoms with Gasteiger partial charge in [0.1, 0.15) is 5.82 Å². The van der Waals surface area contributed by atoms with Gasteiger partial charge in [-0.25, -0.2) is 0 Å². The first-order valence-electron chi connectivity index (χ1n) is 7.75. The molecule has 1 amide bonds. The number of carbonyl (C=O) groups excluding carboxylic acids is 1. The lowest BCUT2D eigenvalue weighted by Gasteiger charge is -2.39. The monoisotopic (exact) mass is 310 g/mol. The van der Waals surface area contributed by atoms with Crippen molar-refractivity contribution in [3.8, 4) is 0 Å². The zero-order chi connectivity index (χ0) is 15.6. The summed E-state index contributed by atoms with van der Waals surface area (Å²) in [6.07, 6.45) is 3.45. The summed E-state index contributed by atoms with van der Waals surface area (Å²) in [6, 6.07) is 0.708. The van der Waals surface area contributed by atoms with Gasteiger partial charge in [-0.1, -0.05) is 25.6 Å². The Morgan fingerprint density at radius 3 is 2.43 bits per heavy atom. The van der Waals surface area contributed by atoms with Crippen LogP contribution in [-0.4, -0.2) is 43.4 Å². The van der Waals surface area contributed by atoms with Crippen LogP contribution in [-0.2, 0) is 11.8 Å². The largest absolute Gasteiger partial charge is 0.337 e. The molecule has 0 unspecified atom stereocenters. The molecule has 21 heavy (non-hydrogen) atoms. The molecule has 2 heterocycles. The van der Waals surface area contributed by atoms with Gasteiger partial charge in [-0.2, -0.15) is 0 Å². The van der Waals surface area contributed by atoms with E-state index in [9.17, 15) is 4.79 Å². The molecule has 2 rings (SSSR count). The molecule has 2 atom stereocenters. The van der Waals surface area contributed by atoms with Crippen molar-refractivity contribution in [3.05, 3.63) is 5.82 Å². The maximum absolute atomic E-state index is 12.5. The van der Waals surface area contributed by atoms with Crippen molar-refractivity contribution in [1.29, 1.82) is 0 Å². The Labute approximate surface area is 131 Å². The molecule has 1 saturated heterocycles. The number of nitrogens with zero attached hydrogens (tertiary/aromatic N) is 4. The molecule has 1 aromatic rings. The first-order valence-corrected chi connectivity index (χ1v) is 8.73. The first kappa shape index (κ1) is 16.3. The lowest BCUT2D eigenvalue weighted by atomic mass is 9.98. The number of hydrogen-bond donors (Lipinski definition) is 0. The number of thioether (sulfide) groups is 1. The number of hydrogen-bond acceptors (Lipinski definition) is 4. The number of piperidine rings is 1. The summed E-state index contributed by atoms with van der Waals surface area (Å²) in [5.41, 5.74) is 0. The average molecular weight is 310 g/mol. The molecule has 0 saturated carbocycles. The summed E-state index contributed by atoms with van der Waals surface area (Å²) in [6.45, 7) is 8.50. The molecule has 1 aromatic heterocycles. The smallest absolute Gasteiger partial charge is 0.233 e. The van der Waals surface area contributed by atoms with E-state index in [-0.39, 0.29) is 5.91 Å². The Hall–Kier alpha value is -1.04. The third kappa shape index (κ3) is 3.59. The van der Waals surface area contributed by atoms with Gasteiger partial charge in [0.25, 0.3) is 0 Å².